The second-order valence-electron chi connectivity index (χ2n) is 4.59. The molecule has 0 fully saturated rings. The van der Waals surface area contributed by atoms with Crippen LogP contribution in [0.3, 0.4) is 0 Å². The third-order valence-corrected chi connectivity index (χ3v) is 4.79. The fourth-order valence-electron chi connectivity index (χ4n) is 1.89. The Morgan fingerprint density at radius 3 is 2.89 bits per heavy atom. The van der Waals surface area contributed by atoms with Gasteiger partial charge in [-0.2, -0.15) is 0 Å². The second kappa shape index (κ2) is 7.26. The summed E-state index contributed by atoms with van der Waals surface area (Å²) < 4.78 is 0.937. The normalized spacial score (nSPS) is 15.8. The lowest BCUT2D eigenvalue weighted by atomic mass is 9.96. The molecule has 106 valence electrons. The molecule has 0 saturated carbocycles. The summed E-state index contributed by atoms with van der Waals surface area (Å²) in [5.41, 5.74) is -0.900. The Hall–Kier alpha value is -0.590. The molecule has 2 N–H and O–H groups in total. The van der Waals surface area contributed by atoms with Crippen molar-refractivity contribution in [2.75, 3.05) is 6.54 Å². The van der Waals surface area contributed by atoms with E-state index in [4.69, 9.17) is 0 Å². The van der Waals surface area contributed by atoms with Gasteiger partial charge < -0.3 is 10.4 Å². The molecule has 0 aliphatic heterocycles. The Morgan fingerprint density at radius 1 is 1.68 bits per heavy atom. The van der Waals surface area contributed by atoms with Crippen LogP contribution in [0.2, 0.25) is 0 Å². The highest BCUT2D eigenvalue weighted by molar-refractivity contribution is 9.10. The van der Waals surface area contributed by atoms with Gasteiger partial charge in [0.05, 0.1) is 0 Å². The number of rotatable bonds is 7. The lowest BCUT2D eigenvalue weighted by Gasteiger charge is -2.28. The Bertz CT molecular complexity index is 444. The molecule has 2 atom stereocenters. The summed E-state index contributed by atoms with van der Waals surface area (Å²) in [7, 11) is 0. The van der Waals surface area contributed by atoms with E-state index < -0.39 is 11.5 Å². The van der Waals surface area contributed by atoms with Crippen LogP contribution in [0.4, 0.5) is 0 Å². The van der Waals surface area contributed by atoms with Gasteiger partial charge in [0, 0.05) is 15.9 Å². The first-order valence-electron chi connectivity index (χ1n) is 6.14. The fraction of sp³-hybridized carbons (Fsp3) is 0.538. The van der Waals surface area contributed by atoms with Crippen molar-refractivity contribution in [1.82, 2.24) is 10.3 Å². The molecule has 1 heterocycles. The predicted molar refractivity (Wildman–Crippen MR) is 81.6 cm³/mol. The van der Waals surface area contributed by atoms with Crippen molar-refractivity contribution in [3.8, 4) is 0 Å². The minimum absolute atomic E-state index is 0.145. The van der Waals surface area contributed by atoms with Crippen molar-refractivity contribution in [3.05, 3.63) is 22.8 Å². The topological polar surface area (TPSA) is 62.2 Å². The number of carboxylic acids is 1. The lowest BCUT2D eigenvalue weighted by Crippen LogP contribution is -2.50. The third-order valence-electron chi connectivity index (χ3n) is 2.77. The van der Waals surface area contributed by atoms with Crippen molar-refractivity contribution in [1.29, 1.82) is 0 Å². The standard InChI is InChI=1S/C13H19BrN2O2S/c1-4-16-13(3,12(17)18)8-9(2)19-11-10(14)6-5-7-15-11/h5-7,9,16H,4,8H2,1-3H3,(H,17,18). The number of nitrogens with one attached hydrogen (secondary N) is 1. The van der Waals surface area contributed by atoms with Crippen LogP contribution in [0.15, 0.2) is 27.8 Å². The maximum absolute atomic E-state index is 11.4. The lowest BCUT2D eigenvalue weighted by molar-refractivity contribution is -0.144. The van der Waals surface area contributed by atoms with Crippen LogP contribution in [0, 0.1) is 0 Å². The smallest absolute Gasteiger partial charge is 0.323 e. The molecule has 1 aromatic heterocycles. The average Bonchev–Trinajstić information content (AvgIpc) is 2.32. The quantitative estimate of drug-likeness (QED) is 0.742. The number of nitrogens with zero attached hydrogens (tertiary/aromatic N) is 1. The number of aromatic nitrogens is 1. The maximum Gasteiger partial charge on any atom is 0.323 e. The zero-order chi connectivity index (χ0) is 14.5. The highest BCUT2D eigenvalue weighted by Gasteiger charge is 2.34. The first-order valence-corrected chi connectivity index (χ1v) is 7.82. The van der Waals surface area contributed by atoms with E-state index >= 15 is 0 Å². The van der Waals surface area contributed by atoms with Crippen LogP contribution in [0.25, 0.3) is 0 Å². The Kier molecular flexibility index (Phi) is 6.29. The van der Waals surface area contributed by atoms with E-state index in [0.717, 1.165) is 9.50 Å². The maximum atomic E-state index is 11.4. The minimum atomic E-state index is -0.900. The van der Waals surface area contributed by atoms with Crippen LogP contribution >= 0.6 is 27.7 Å². The van der Waals surface area contributed by atoms with Gasteiger partial charge in [0.25, 0.3) is 0 Å². The Morgan fingerprint density at radius 2 is 2.37 bits per heavy atom. The molecule has 0 aromatic carbocycles. The molecular weight excluding hydrogens is 328 g/mol. The van der Waals surface area contributed by atoms with E-state index in [2.05, 4.69) is 26.2 Å². The molecule has 0 saturated heterocycles. The van der Waals surface area contributed by atoms with Gasteiger partial charge in [0.1, 0.15) is 10.6 Å². The molecule has 1 rings (SSSR count). The SMILES string of the molecule is CCNC(C)(CC(C)Sc1ncccc1Br)C(=O)O. The zero-order valence-electron chi connectivity index (χ0n) is 11.3. The van der Waals surface area contributed by atoms with Crippen LogP contribution in [-0.2, 0) is 4.79 Å². The van der Waals surface area contributed by atoms with Gasteiger partial charge in [-0.15, -0.1) is 11.8 Å². The molecular formula is C13H19BrN2O2S. The number of likely N-dealkylation sites (N-methyl/N-ethyl adjacent to an activating group) is 1. The number of halogens is 1. The van der Waals surface area contributed by atoms with E-state index in [1.807, 2.05) is 26.0 Å². The number of carbonyl (C=O) groups is 1. The van der Waals surface area contributed by atoms with E-state index in [9.17, 15) is 9.90 Å². The Balaban J connectivity index is 2.71. The molecule has 0 bridgehead atoms. The molecule has 6 heteroatoms. The highest BCUT2D eigenvalue weighted by Crippen LogP contribution is 2.31. The van der Waals surface area contributed by atoms with Gasteiger partial charge in [-0.3, -0.25) is 4.79 Å². The van der Waals surface area contributed by atoms with Gasteiger partial charge in [-0.1, -0.05) is 13.8 Å². The first kappa shape index (κ1) is 16.5. The molecule has 4 nitrogen and oxygen atoms in total. The van der Waals surface area contributed by atoms with Crippen molar-refractivity contribution in [2.45, 2.75) is 43.0 Å². The van der Waals surface area contributed by atoms with E-state index in [1.165, 1.54) is 0 Å². The Labute approximate surface area is 126 Å². The molecule has 1 aromatic rings. The average molecular weight is 347 g/mol. The molecule has 0 spiro atoms. The molecule has 0 radical (unpaired) electrons. The van der Waals surface area contributed by atoms with Crippen molar-refractivity contribution in [2.24, 2.45) is 0 Å². The summed E-state index contributed by atoms with van der Waals surface area (Å²) in [6.45, 7) is 6.29. The monoisotopic (exact) mass is 346 g/mol. The summed E-state index contributed by atoms with van der Waals surface area (Å²) in [4.78, 5) is 15.7. The van der Waals surface area contributed by atoms with Gasteiger partial charge >= 0.3 is 5.97 Å². The van der Waals surface area contributed by atoms with E-state index in [0.29, 0.717) is 13.0 Å². The second-order valence-corrected chi connectivity index (χ2v) is 6.87. The molecule has 2 unspecified atom stereocenters. The van der Waals surface area contributed by atoms with Gasteiger partial charge in [0.15, 0.2) is 0 Å². The summed E-state index contributed by atoms with van der Waals surface area (Å²) in [6, 6.07) is 3.79. The van der Waals surface area contributed by atoms with Crippen LogP contribution in [0.5, 0.6) is 0 Å². The summed E-state index contributed by atoms with van der Waals surface area (Å²) >= 11 is 5.03. The van der Waals surface area contributed by atoms with Crippen molar-refractivity contribution >= 4 is 33.7 Å². The summed E-state index contributed by atoms with van der Waals surface area (Å²) in [5, 5.41) is 13.4. The van der Waals surface area contributed by atoms with Crippen molar-refractivity contribution in [3.63, 3.8) is 0 Å². The zero-order valence-corrected chi connectivity index (χ0v) is 13.7. The van der Waals surface area contributed by atoms with E-state index in [-0.39, 0.29) is 5.25 Å². The minimum Gasteiger partial charge on any atom is -0.480 e. The predicted octanol–water partition coefficient (Wildman–Crippen LogP) is 3.17. The molecule has 0 amide bonds. The number of carboxylic acid groups (broad SMARTS) is 1. The van der Waals surface area contributed by atoms with Gasteiger partial charge in [-0.25, -0.2) is 4.98 Å². The number of hydrogen-bond acceptors (Lipinski definition) is 4. The molecule has 0 aliphatic carbocycles. The number of hydrogen-bond donors (Lipinski definition) is 2. The molecule has 0 aliphatic rings. The van der Waals surface area contributed by atoms with E-state index in [1.54, 1.807) is 24.9 Å². The highest BCUT2D eigenvalue weighted by atomic mass is 79.9. The molecule has 19 heavy (non-hydrogen) atoms. The fourth-order valence-corrected chi connectivity index (χ4v) is 3.53. The van der Waals surface area contributed by atoms with Crippen LogP contribution < -0.4 is 5.32 Å². The van der Waals surface area contributed by atoms with Crippen molar-refractivity contribution < 1.29 is 9.90 Å². The number of aliphatic carboxylic acids is 1. The summed E-state index contributed by atoms with van der Waals surface area (Å²) in [6.07, 6.45) is 2.27. The summed E-state index contributed by atoms with van der Waals surface area (Å²) in [5.74, 6) is -0.818. The largest absolute Gasteiger partial charge is 0.480 e. The van der Waals surface area contributed by atoms with Gasteiger partial charge in [-0.05, 0) is 48.0 Å². The third kappa shape index (κ3) is 4.78. The van der Waals surface area contributed by atoms with Crippen LogP contribution in [-0.4, -0.2) is 33.4 Å². The number of thioether (sulfide) groups is 1. The van der Waals surface area contributed by atoms with Crippen LogP contribution in [0.1, 0.15) is 27.2 Å². The number of pyridine rings is 1. The van der Waals surface area contributed by atoms with Gasteiger partial charge in [0.2, 0.25) is 0 Å². The first-order chi connectivity index (χ1) is 8.89.